The maximum atomic E-state index is 12.3. The molecule has 0 spiro atoms. The molecule has 0 unspecified atom stereocenters. The molecule has 23 heavy (non-hydrogen) atoms. The molecule has 3 rings (SSSR count). The number of nitrogens with zero attached hydrogens (tertiary/aromatic N) is 3. The molecule has 5 heteroatoms. The van der Waals surface area contributed by atoms with E-state index in [1.54, 1.807) is 6.20 Å². The zero-order valence-corrected chi connectivity index (χ0v) is 14.0. The second-order valence-electron chi connectivity index (χ2n) is 6.60. The van der Waals surface area contributed by atoms with Crippen molar-refractivity contribution in [2.75, 3.05) is 32.8 Å². The van der Waals surface area contributed by atoms with Gasteiger partial charge in [0.05, 0.1) is 6.10 Å². The number of hydrogen-bond donors (Lipinski definition) is 0. The maximum absolute atomic E-state index is 12.3. The van der Waals surface area contributed by atoms with Crippen LogP contribution in [0, 0.1) is 0 Å². The van der Waals surface area contributed by atoms with Gasteiger partial charge in [0.2, 0.25) is 5.91 Å². The zero-order chi connectivity index (χ0) is 16.1. The molecule has 0 aromatic carbocycles. The van der Waals surface area contributed by atoms with Crippen molar-refractivity contribution in [3.05, 3.63) is 30.1 Å². The molecular formula is C18H27N3O2. The molecule has 0 bridgehead atoms. The molecule has 1 saturated carbocycles. The molecule has 2 fully saturated rings. The van der Waals surface area contributed by atoms with E-state index in [9.17, 15) is 4.79 Å². The Balaban J connectivity index is 1.43. The topological polar surface area (TPSA) is 45.7 Å². The van der Waals surface area contributed by atoms with Crippen molar-refractivity contribution in [3.8, 4) is 0 Å². The van der Waals surface area contributed by atoms with E-state index < -0.39 is 0 Å². The van der Waals surface area contributed by atoms with Gasteiger partial charge < -0.3 is 9.64 Å². The van der Waals surface area contributed by atoms with Crippen LogP contribution in [-0.4, -0.2) is 59.6 Å². The Bertz CT molecular complexity index is 494. The van der Waals surface area contributed by atoms with Crippen molar-refractivity contribution in [1.29, 1.82) is 0 Å². The van der Waals surface area contributed by atoms with Gasteiger partial charge in [-0.3, -0.25) is 14.7 Å². The summed E-state index contributed by atoms with van der Waals surface area (Å²) in [7, 11) is 0. The summed E-state index contributed by atoms with van der Waals surface area (Å²) in [6.45, 7) is 5.85. The number of rotatable bonds is 5. The van der Waals surface area contributed by atoms with E-state index in [0.717, 1.165) is 39.0 Å². The van der Waals surface area contributed by atoms with Gasteiger partial charge >= 0.3 is 0 Å². The highest BCUT2D eigenvalue weighted by Gasteiger charge is 2.25. The standard InChI is InChI=1S/C18H27N3O2/c1-15(16-5-4-8-19-13-16)20-9-11-21(12-10-20)18(22)14-23-17-6-2-3-7-17/h4-5,8,13,15,17H,2-3,6-7,9-12,14H2,1H3/t15-/m0/s1. The second kappa shape index (κ2) is 7.88. The molecule has 1 amide bonds. The van der Waals surface area contributed by atoms with Crippen LogP contribution in [0.15, 0.2) is 24.5 Å². The maximum Gasteiger partial charge on any atom is 0.248 e. The third-order valence-electron chi connectivity index (χ3n) is 5.13. The monoisotopic (exact) mass is 317 g/mol. The summed E-state index contributed by atoms with van der Waals surface area (Å²) in [6.07, 6.45) is 8.75. The molecule has 1 atom stereocenters. The van der Waals surface area contributed by atoms with Gasteiger partial charge in [-0.1, -0.05) is 18.9 Å². The summed E-state index contributed by atoms with van der Waals surface area (Å²) in [5, 5.41) is 0. The van der Waals surface area contributed by atoms with Crippen LogP contribution < -0.4 is 0 Å². The minimum atomic E-state index is 0.144. The first kappa shape index (κ1) is 16.4. The Hall–Kier alpha value is -1.46. The fourth-order valence-electron chi connectivity index (χ4n) is 3.53. The van der Waals surface area contributed by atoms with Crippen LogP contribution in [0.2, 0.25) is 0 Å². The smallest absolute Gasteiger partial charge is 0.248 e. The highest BCUT2D eigenvalue weighted by molar-refractivity contribution is 5.77. The molecule has 5 nitrogen and oxygen atoms in total. The van der Waals surface area contributed by atoms with Gasteiger partial charge in [0.25, 0.3) is 0 Å². The van der Waals surface area contributed by atoms with Crippen molar-refractivity contribution >= 4 is 5.91 Å². The highest BCUT2D eigenvalue weighted by atomic mass is 16.5. The number of hydrogen-bond acceptors (Lipinski definition) is 4. The summed E-state index contributed by atoms with van der Waals surface area (Å²) in [4.78, 5) is 20.8. The molecule has 1 saturated heterocycles. The first-order chi connectivity index (χ1) is 11.2. The van der Waals surface area contributed by atoms with Crippen molar-refractivity contribution in [2.45, 2.75) is 44.8 Å². The Morgan fingerprint density at radius 2 is 2.04 bits per heavy atom. The predicted molar refractivity (Wildman–Crippen MR) is 89.0 cm³/mol. The molecule has 2 aliphatic rings. The number of carbonyl (C=O) groups is 1. The minimum Gasteiger partial charge on any atom is -0.368 e. The van der Waals surface area contributed by atoms with E-state index in [-0.39, 0.29) is 12.5 Å². The van der Waals surface area contributed by atoms with Crippen molar-refractivity contribution in [3.63, 3.8) is 0 Å². The van der Waals surface area contributed by atoms with Gasteiger partial charge in [-0.2, -0.15) is 0 Å². The molecule has 1 aromatic heterocycles. The van der Waals surface area contributed by atoms with Crippen molar-refractivity contribution in [2.24, 2.45) is 0 Å². The van der Waals surface area contributed by atoms with Crippen molar-refractivity contribution < 1.29 is 9.53 Å². The van der Waals surface area contributed by atoms with E-state index in [0.29, 0.717) is 12.1 Å². The van der Waals surface area contributed by atoms with Crippen LogP contribution in [0.4, 0.5) is 0 Å². The fraction of sp³-hybridized carbons (Fsp3) is 0.667. The lowest BCUT2D eigenvalue weighted by atomic mass is 10.1. The molecule has 2 heterocycles. The van der Waals surface area contributed by atoms with Crippen LogP contribution in [0.3, 0.4) is 0 Å². The second-order valence-corrected chi connectivity index (χ2v) is 6.60. The van der Waals surface area contributed by atoms with Gasteiger partial charge in [0, 0.05) is 44.6 Å². The first-order valence-corrected chi connectivity index (χ1v) is 8.77. The predicted octanol–water partition coefficient (Wildman–Crippen LogP) is 2.25. The number of ether oxygens (including phenoxy) is 1. The largest absolute Gasteiger partial charge is 0.368 e. The third-order valence-corrected chi connectivity index (χ3v) is 5.13. The van der Waals surface area contributed by atoms with Crippen LogP contribution in [-0.2, 0) is 9.53 Å². The van der Waals surface area contributed by atoms with Crippen LogP contribution in [0.25, 0.3) is 0 Å². The fourth-order valence-corrected chi connectivity index (χ4v) is 3.53. The quantitative estimate of drug-likeness (QED) is 0.835. The number of amides is 1. The number of piperazine rings is 1. The minimum absolute atomic E-state index is 0.144. The summed E-state index contributed by atoms with van der Waals surface area (Å²) in [6, 6.07) is 4.44. The normalized spacial score (nSPS) is 21.5. The zero-order valence-electron chi connectivity index (χ0n) is 14.0. The Morgan fingerprint density at radius 3 is 2.70 bits per heavy atom. The van der Waals surface area contributed by atoms with Crippen LogP contribution in [0.1, 0.15) is 44.2 Å². The van der Waals surface area contributed by atoms with Crippen molar-refractivity contribution in [1.82, 2.24) is 14.8 Å². The van der Waals surface area contributed by atoms with E-state index in [1.165, 1.54) is 18.4 Å². The molecule has 0 N–H and O–H groups in total. The lowest BCUT2D eigenvalue weighted by Gasteiger charge is -2.38. The summed E-state index contributed by atoms with van der Waals surface area (Å²) in [5.74, 6) is 0.144. The molecule has 0 radical (unpaired) electrons. The molecule has 1 aliphatic heterocycles. The summed E-state index contributed by atoms with van der Waals surface area (Å²) in [5.41, 5.74) is 1.23. The van der Waals surface area contributed by atoms with Gasteiger partial charge in [-0.15, -0.1) is 0 Å². The van der Waals surface area contributed by atoms with E-state index in [4.69, 9.17) is 4.74 Å². The third kappa shape index (κ3) is 4.30. The summed E-state index contributed by atoms with van der Waals surface area (Å²) >= 11 is 0. The SMILES string of the molecule is C[C@@H](c1cccnc1)N1CCN(C(=O)COC2CCCC2)CC1. The van der Waals surface area contributed by atoms with Gasteiger partial charge in [-0.05, 0) is 31.4 Å². The van der Waals surface area contributed by atoms with Crippen LogP contribution >= 0.6 is 0 Å². The number of carbonyl (C=O) groups excluding carboxylic acids is 1. The lowest BCUT2D eigenvalue weighted by molar-refractivity contribution is -0.140. The molecule has 126 valence electrons. The van der Waals surface area contributed by atoms with Gasteiger partial charge in [0.15, 0.2) is 0 Å². The van der Waals surface area contributed by atoms with E-state index in [2.05, 4.69) is 22.9 Å². The van der Waals surface area contributed by atoms with Crippen LogP contribution in [0.5, 0.6) is 0 Å². The molecule has 1 aliphatic carbocycles. The number of pyridine rings is 1. The van der Waals surface area contributed by atoms with Gasteiger partial charge in [-0.25, -0.2) is 0 Å². The molecular weight excluding hydrogens is 290 g/mol. The first-order valence-electron chi connectivity index (χ1n) is 8.77. The van der Waals surface area contributed by atoms with E-state index >= 15 is 0 Å². The number of aromatic nitrogens is 1. The Kier molecular flexibility index (Phi) is 5.62. The van der Waals surface area contributed by atoms with E-state index in [1.807, 2.05) is 17.2 Å². The Morgan fingerprint density at radius 1 is 1.30 bits per heavy atom. The highest BCUT2D eigenvalue weighted by Crippen LogP contribution is 2.22. The average Bonchev–Trinajstić information content (AvgIpc) is 3.13. The average molecular weight is 317 g/mol. The lowest BCUT2D eigenvalue weighted by Crippen LogP contribution is -2.50. The molecule has 1 aromatic rings. The van der Waals surface area contributed by atoms with Gasteiger partial charge in [0.1, 0.15) is 6.61 Å². The summed E-state index contributed by atoms with van der Waals surface area (Å²) < 4.78 is 5.75. The Labute approximate surface area is 138 Å².